The first-order valence-electron chi connectivity index (χ1n) is 5.99. The Labute approximate surface area is 112 Å². The molecule has 0 aliphatic heterocycles. The zero-order valence-corrected chi connectivity index (χ0v) is 11.6. The lowest BCUT2D eigenvalue weighted by atomic mass is 10.2. The molecule has 1 heterocycles. The van der Waals surface area contributed by atoms with Crippen LogP contribution in [0.5, 0.6) is 5.75 Å². The van der Waals surface area contributed by atoms with Crippen LogP contribution in [0.15, 0.2) is 30.5 Å². The van der Waals surface area contributed by atoms with Crippen molar-refractivity contribution >= 4 is 11.6 Å². The molecular formula is C14H17ClN2O. The summed E-state index contributed by atoms with van der Waals surface area (Å²) in [6, 6.07) is 7.98. The predicted molar refractivity (Wildman–Crippen MR) is 73.1 cm³/mol. The summed E-state index contributed by atoms with van der Waals surface area (Å²) in [4.78, 5) is 0. The Bertz CT molecular complexity index is 534. The van der Waals surface area contributed by atoms with E-state index in [0.717, 1.165) is 17.0 Å². The first-order valence-corrected chi connectivity index (χ1v) is 6.37. The zero-order chi connectivity index (χ0) is 13.1. The van der Waals surface area contributed by atoms with Crippen molar-refractivity contribution in [2.45, 2.75) is 33.4 Å². The van der Waals surface area contributed by atoms with Crippen molar-refractivity contribution in [1.82, 2.24) is 9.78 Å². The maximum atomic E-state index is 5.94. The number of hydrogen-bond donors (Lipinski definition) is 0. The van der Waals surface area contributed by atoms with E-state index in [0.29, 0.717) is 17.7 Å². The minimum atomic E-state index is 0.367. The predicted octanol–water partition coefficient (Wildman–Crippen LogP) is 4.00. The second-order valence-corrected chi connectivity index (χ2v) is 5.02. The molecule has 0 aliphatic rings. The standard InChI is InChI=1S/C14H17ClN2O/c1-10(2)17-7-6-13(16-17)9-18-14-8-12(15)5-4-11(14)3/h4-8,10H,9H2,1-3H3. The highest BCUT2D eigenvalue weighted by Crippen LogP contribution is 2.23. The highest BCUT2D eigenvalue weighted by Gasteiger charge is 2.05. The molecule has 0 N–H and O–H groups in total. The normalized spacial score (nSPS) is 10.9. The average Bonchev–Trinajstić information content (AvgIpc) is 2.79. The second-order valence-electron chi connectivity index (χ2n) is 4.58. The van der Waals surface area contributed by atoms with Gasteiger partial charge in [0.05, 0.1) is 5.69 Å². The Morgan fingerprint density at radius 3 is 2.78 bits per heavy atom. The van der Waals surface area contributed by atoms with Gasteiger partial charge in [0.15, 0.2) is 0 Å². The van der Waals surface area contributed by atoms with Crippen molar-refractivity contribution in [2.24, 2.45) is 0 Å². The number of nitrogens with zero attached hydrogens (tertiary/aromatic N) is 2. The number of ether oxygens (including phenoxy) is 1. The average molecular weight is 265 g/mol. The molecule has 1 aromatic carbocycles. The van der Waals surface area contributed by atoms with Gasteiger partial charge < -0.3 is 4.74 Å². The third-order valence-electron chi connectivity index (χ3n) is 2.72. The summed E-state index contributed by atoms with van der Waals surface area (Å²) in [6.07, 6.45) is 1.97. The topological polar surface area (TPSA) is 27.1 Å². The highest BCUT2D eigenvalue weighted by molar-refractivity contribution is 6.30. The van der Waals surface area contributed by atoms with E-state index in [1.807, 2.05) is 42.1 Å². The smallest absolute Gasteiger partial charge is 0.132 e. The number of aromatic nitrogens is 2. The summed E-state index contributed by atoms with van der Waals surface area (Å²) < 4.78 is 7.66. The first kappa shape index (κ1) is 13.0. The molecule has 0 saturated heterocycles. The van der Waals surface area contributed by atoms with Crippen LogP contribution in [0, 0.1) is 6.92 Å². The summed E-state index contributed by atoms with van der Waals surface area (Å²) in [5.74, 6) is 0.807. The molecule has 0 spiro atoms. The van der Waals surface area contributed by atoms with Gasteiger partial charge in [-0.15, -0.1) is 0 Å². The van der Waals surface area contributed by atoms with Crippen LogP contribution in [-0.2, 0) is 6.61 Å². The fourth-order valence-electron chi connectivity index (χ4n) is 1.62. The van der Waals surface area contributed by atoms with Crippen molar-refractivity contribution in [3.8, 4) is 5.75 Å². The molecule has 2 aromatic rings. The fourth-order valence-corrected chi connectivity index (χ4v) is 1.79. The van der Waals surface area contributed by atoms with E-state index in [4.69, 9.17) is 16.3 Å². The molecule has 96 valence electrons. The Balaban J connectivity index is 2.04. The molecule has 0 amide bonds. The molecule has 0 fully saturated rings. The number of halogens is 1. The lowest BCUT2D eigenvalue weighted by molar-refractivity contribution is 0.296. The Kier molecular flexibility index (Phi) is 3.92. The second kappa shape index (κ2) is 5.44. The van der Waals surface area contributed by atoms with Gasteiger partial charge in [0, 0.05) is 17.3 Å². The Morgan fingerprint density at radius 1 is 1.33 bits per heavy atom. The van der Waals surface area contributed by atoms with E-state index in [1.54, 1.807) is 0 Å². The van der Waals surface area contributed by atoms with E-state index in [-0.39, 0.29) is 0 Å². The number of aryl methyl sites for hydroxylation is 1. The minimum Gasteiger partial charge on any atom is -0.487 e. The number of rotatable bonds is 4. The minimum absolute atomic E-state index is 0.367. The van der Waals surface area contributed by atoms with Crippen molar-refractivity contribution in [3.63, 3.8) is 0 Å². The van der Waals surface area contributed by atoms with Crippen LogP contribution in [0.3, 0.4) is 0 Å². The molecule has 0 radical (unpaired) electrons. The molecule has 1 aromatic heterocycles. The molecular weight excluding hydrogens is 248 g/mol. The molecule has 0 aliphatic carbocycles. The Hall–Kier alpha value is -1.48. The van der Waals surface area contributed by atoms with Gasteiger partial charge in [0.25, 0.3) is 0 Å². The molecule has 2 rings (SSSR count). The van der Waals surface area contributed by atoms with Crippen LogP contribution in [0.1, 0.15) is 31.1 Å². The summed E-state index contributed by atoms with van der Waals surface area (Å²) in [5.41, 5.74) is 1.99. The van der Waals surface area contributed by atoms with Crippen LogP contribution in [-0.4, -0.2) is 9.78 Å². The summed E-state index contributed by atoms with van der Waals surface area (Å²) in [6.45, 7) is 6.65. The highest BCUT2D eigenvalue weighted by atomic mass is 35.5. The zero-order valence-electron chi connectivity index (χ0n) is 10.9. The Morgan fingerprint density at radius 2 is 2.11 bits per heavy atom. The summed E-state index contributed by atoms with van der Waals surface area (Å²) >= 11 is 5.94. The van der Waals surface area contributed by atoms with Gasteiger partial charge in [-0.05, 0) is 44.5 Å². The number of benzene rings is 1. The first-order chi connectivity index (χ1) is 8.56. The lowest BCUT2D eigenvalue weighted by Gasteiger charge is -2.08. The SMILES string of the molecule is Cc1ccc(Cl)cc1OCc1ccn(C(C)C)n1. The van der Waals surface area contributed by atoms with Crippen molar-refractivity contribution in [1.29, 1.82) is 0 Å². The van der Waals surface area contributed by atoms with Crippen molar-refractivity contribution in [3.05, 3.63) is 46.7 Å². The van der Waals surface area contributed by atoms with Crippen LogP contribution < -0.4 is 4.74 Å². The van der Waals surface area contributed by atoms with Gasteiger partial charge in [-0.1, -0.05) is 17.7 Å². The maximum Gasteiger partial charge on any atom is 0.132 e. The third-order valence-corrected chi connectivity index (χ3v) is 2.95. The van der Waals surface area contributed by atoms with Gasteiger partial charge in [-0.25, -0.2) is 0 Å². The largest absolute Gasteiger partial charge is 0.487 e. The van der Waals surface area contributed by atoms with Crippen molar-refractivity contribution in [2.75, 3.05) is 0 Å². The third kappa shape index (κ3) is 3.05. The lowest BCUT2D eigenvalue weighted by Crippen LogP contribution is -2.03. The molecule has 4 heteroatoms. The van der Waals surface area contributed by atoms with Gasteiger partial charge in [0.2, 0.25) is 0 Å². The monoisotopic (exact) mass is 264 g/mol. The molecule has 0 bridgehead atoms. The van der Waals surface area contributed by atoms with Gasteiger partial charge in [-0.3, -0.25) is 4.68 Å². The number of hydrogen-bond acceptors (Lipinski definition) is 2. The van der Waals surface area contributed by atoms with Crippen LogP contribution in [0.25, 0.3) is 0 Å². The van der Waals surface area contributed by atoms with Gasteiger partial charge in [0.1, 0.15) is 12.4 Å². The van der Waals surface area contributed by atoms with E-state index in [9.17, 15) is 0 Å². The quantitative estimate of drug-likeness (QED) is 0.834. The van der Waals surface area contributed by atoms with Crippen LogP contribution in [0.4, 0.5) is 0 Å². The molecule has 0 saturated carbocycles. The molecule has 0 atom stereocenters. The van der Waals surface area contributed by atoms with Crippen LogP contribution in [0.2, 0.25) is 5.02 Å². The fraction of sp³-hybridized carbons (Fsp3) is 0.357. The molecule has 3 nitrogen and oxygen atoms in total. The molecule has 18 heavy (non-hydrogen) atoms. The summed E-state index contributed by atoms with van der Waals surface area (Å²) in [5, 5.41) is 5.12. The van der Waals surface area contributed by atoms with E-state index >= 15 is 0 Å². The van der Waals surface area contributed by atoms with Crippen molar-refractivity contribution < 1.29 is 4.74 Å². The van der Waals surface area contributed by atoms with E-state index in [2.05, 4.69) is 18.9 Å². The van der Waals surface area contributed by atoms with E-state index in [1.165, 1.54) is 0 Å². The van der Waals surface area contributed by atoms with Crippen LogP contribution >= 0.6 is 11.6 Å². The molecule has 0 unspecified atom stereocenters. The summed E-state index contributed by atoms with van der Waals surface area (Å²) in [7, 11) is 0. The van der Waals surface area contributed by atoms with Gasteiger partial charge >= 0.3 is 0 Å². The maximum absolute atomic E-state index is 5.94. The van der Waals surface area contributed by atoms with E-state index < -0.39 is 0 Å². The van der Waals surface area contributed by atoms with Gasteiger partial charge in [-0.2, -0.15) is 5.10 Å².